The zero-order chi connectivity index (χ0) is 29.7. The fraction of sp³-hybridized carbons (Fsp3) is 0.424. The quantitative estimate of drug-likeness (QED) is 0.107. The van der Waals surface area contributed by atoms with Crippen LogP contribution < -0.4 is 10.4 Å². The van der Waals surface area contributed by atoms with E-state index in [0.29, 0.717) is 32.4 Å². The molecule has 2 N–H and O–H groups in total. The summed E-state index contributed by atoms with van der Waals surface area (Å²) < 4.78 is 5.28. The van der Waals surface area contributed by atoms with Crippen LogP contribution in [0, 0.1) is 11.8 Å². The smallest absolute Gasteiger partial charge is 0.331 e. The van der Waals surface area contributed by atoms with Crippen LogP contribution in [-0.2, 0) is 19.1 Å². The predicted octanol–water partition coefficient (Wildman–Crippen LogP) is 4.94. The first-order chi connectivity index (χ1) is 19.6. The highest BCUT2D eigenvalue weighted by molar-refractivity contribution is 5.87. The Balaban J connectivity index is 1.41. The van der Waals surface area contributed by atoms with Crippen LogP contribution in [0.2, 0.25) is 0 Å². The Morgan fingerprint density at radius 2 is 1.41 bits per heavy atom. The number of carbonyl (C=O) groups is 3. The molecule has 0 spiro atoms. The van der Waals surface area contributed by atoms with Crippen LogP contribution in [-0.4, -0.2) is 59.7 Å². The number of unbranched alkanes of at least 4 members (excludes halogenated alkanes) is 3. The molecule has 0 aromatic heterocycles. The molecule has 2 aromatic carbocycles. The molecule has 2 amide bonds. The lowest BCUT2D eigenvalue weighted by Crippen LogP contribution is -2.48. The number of piperazine rings is 1. The lowest BCUT2D eigenvalue weighted by molar-refractivity contribution is -0.148. The summed E-state index contributed by atoms with van der Waals surface area (Å²) in [5.74, 6) is 5.85. The molecule has 1 aliphatic heterocycles. The number of nitrogens with one attached hydrogen (secondary N) is 1. The van der Waals surface area contributed by atoms with Gasteiger partial charge >= 0.3 is 5.97 Å². The van der Waals surface area contributed by atoms with Crippen LogP contribution >= 0.6 is 0 Å². The number of hydrogen-bond donors (Lipinski definition) is 2. The Labute approximate surface area is 243 Å². The van der Waals surface area contributed by atoms with E-state index in [9.17, 15) is 14.4 Å². The Hall–Kier alpha value is -4.09. The highest BCUT2D eigenvalue weighted by atomic mass is 16.6. The first kappa shape index (κ1) is 31.4. The molecule has 1 saturated heterocycles. The highest BCUT2D eigenvalue weighted by Gasteiger charge is 2.21. The fourth-order valence-electron chi connectivity index (χ4n) is 4.42. The van der Waals surface area contributed by atoms with Gasteiger partial charge in [-0.1, -0.05) is 36.8 Å². The minimum absolute atomic E-state index is 0.190. The molecule has 0 aliphatic carbocycles. The van der Waals surface area contributed by atoms with E-state index in [1.807, 2.05) is 62.1 Å². The van der Waals surface area contributed by atoms with Gasteiger partial charge in [0.05, 0.1) is 0 Å². The summed E-state index contributed by atoms with van der Waals surface area (Å²) in [5, 5.41) is 8.50. The minimum Gasteiger partial charge on any atom is -0.457 e. The fourth-order valence-corrected chi connectivity index (χ4v) is 4.42. The number of nitrogens with zero attached hydrogens (tertiary/aromatic N) is 2. The molecule has 0 atom stereocenters. The van der Waals surface area contributed by atoms with Gasteiger partial charge in [-0.25, -0.2) is 10.3 Å². The second-order valence-corrected chi connectivity index (χ2v) is 11.1. The normalized spacial score (nSPS) is 13.5. The van der Waals surface area contributed by atoms with Crippen LogP contribution in [0.4, 0.5) is 5.69 Å². The molecule has 0 radical (unpaired) electrons. The third kappa shape index (κ3) is 11.5. The van der Waals surface area contributed by atoms with E-state index in [4.69, 9.17) is 9.94 Å². The molecular weight excluding hydrogens is 518 g/mol. The van der Waals surface area contributed by atoms with E-state index in [2.05, 4.69) is 28.9 Å². The third-order valence-corrected chi connectivity index (χ3v) is 6.61. The second-order valence-electron chi connectivity index (χ2n) is 11.1. The predicted molar refractivity (Wildman–Crippen MR) is 160 cm³/mol. The van der Waals surface area contributed by atoms with Crippen molar-refractivity contribution < 1.29 is 24.3 Å². The molecule has 8 heteroatoms. The number of carbonyl (C=O) groups excluding carboxylic acids is 3. The van der Waals surface area contributed by atoms with E-state index < -0.39 is 5.60 Å². The van der Waals surface area contributed by atoms with Crippen molar-refractivity contribution in [3.63, 3.8) is 0 Å². The molecule has 41 heavy (non-hydrogen) atoms. The number of esters is 1. The molecule has 8 nitrogen and oxygen atoms in total. The molecule has 2 aromatic rings. The van der Waals surface area contributed by atoms with Gasteiger partial charge in [-0.15, -0.1) is 0 Å². The minimum atomic E-state index is -0.513. The van der Waals surface area contributed by atoms with Crippen molar-refractivity contribution >= 4 is 29.5 Å². The van der Waals surface area contributed by atoms with Crippen molar-refractivity contribution in [1.29, 1.82) is 0 Å². The monoisotopic (exact) mass is 559 g/mol. The van der Waals surface area contributed by atoms with Crippen LogP contribution in [0.1, 0.15) is 76.0 Å². The first-order valence-corrected chi connectivity index (χ1v) is 14.2. The number of anilines is 1. The van der Waals surface area contributed by atoms with Gasteiger partial charge < -0.3 is 14.5 Å². The van der Waals surface area contributed by atoms with E-state index in [-0.39, 0.29) is 17.8 Å². The number of hydrogen-bond acceptors (Lipinski definition) is 6. The van der Waals surface area contributed by atoms with E-state index in [1.165, 1.54) is 6.08 Å². The molecule has 218 valence electrons. The van der Waals surface area contributed by atoms with Crippen LogP contribution in [0.25, 0.3) is 6.08 Å². The van der Waals surface area contributed by atoms with Gasteiger partial charge in [0.1, 0.15) is 5.60 Å². The Kier molecular flexibility index (Phi) is 12.0. The lowest BCUT2D eigenvalue weighted by Gasteiger charge is -2.36. The SMILES string of the molecule is CC(C)(C)OC(=O)/C=C/c1ccc(C#Cc2ccc(N3CCN(C(=O)CCCCCCC(=O)NO)CC3)cc2)cc1. The summed E-state index contributed by atoms with van der Waals surface area (Å²) in [7, 11) is 0. The molecule has 1 heterocycles. The topological polar surface area (TPSA) is 99.2 Å². The molecule has 3 rings (SSSR count). The number of amides is 2. The van der Waals surface area contributed by atoms with Crippen molar-refractivity contribution in [2.24, 2.45) is 0 Å². The summed E-state index contributed by atoms with van der Waals surface area (Å²) in [6.07, 6.45) is 7.31. The standard InChI is InChI=1S/C33H41N3O5/c1-33(2,3)41-32(39)21-18-27-13-10-26(11-14-27)12-15-28-16-19-29(20-17-28)35-22-24-36(25-23-35)31(38)9-7-5-4-6-8-30(37)34-40/h10-11,13-14,16-21,40H,4-9,22-25H2,1-3H3,(H,34,37)/b21-18+. The van der Waals surface area contributed by atoms with Gasteiger partial charge in [0.2, 0.25) is 11.8 Å². The molecule has 0 saturated carbocycles. The lowest BCUT2D eigenvalue weighted by atomic mass is 10.1. The molecule has 0 bridgehead atoms. The van der Waals surface area contributed by atoms with Crippen LogP contribution in [0.5, 0.6) is 0 Å². The average Bonchev–Trinajstić information content (AvgIpc) is 2.96. The average molecular weight is 560 g/mol. The maximum Gasteiger partial charge on any atom is 0.331 e. The zero-order valence-corrected chi connectivity index (χ0v) is 24.3. The maximum absolute atomic E-state index is 12.6. The van der Waals surface area contributed by atoms with Crippen molar-refractivity contribution in [1.82, 2.24) is 10.4 Å². The summed E-state index contributed by atoms with van der Waals surface area (Å²) in [4.78, 5) is 39.6. The molecule has 1 aliphatic rings. The number of benzene rings is 2. The second kappa shape index (κ2) is 15.6. The Morgan fingerprint density at radius 1 is 0.854 bits per heavy atom. The van der Waals surface area contributed by atoms with Gasteiger partial charge in [-0.05, 0) is 81.7 Å². The van der Waals surface area contributed by atoms with Crippen molar-refractivity contribution in [2.75, 3.05) is 31.1 Å². The highest BCUT2D eigenvalue weighted by Crippen LogP contribution is 2.18. The van der Waals surface area contributed by atoms with E-state index in [0.717, 1.165) is 54.7 Å². The van der Waals surface area contributed by atoms with Gasteiger partial charge in [0.25, 0.3) is 0 Å². The van der Waals surface area contributed by atoms with Gasteiger partial charge in [-0.3, -0.25) is 14.8 Å². The van der Waals surface area contributed by atoms with Gasteiger partial charge in [-0.2, -0.15) is 0 Å². The summed E-state index contributed by atoms with van der Waals surface area (Å²) in [6, 6.07) is 15.9. The van der Waals surface area contributed by atoms with Crippen molar-refractivity contribution in [3.05, 3.63) is 71.3 Å². The molecule has 1 fully saturated rings. The van der Waals surface area contributed by atoms with Crippen molar-refractivity contribution in [3.8, 4) is 11.8 Å². The maximum atomic E-state index is 12.6. The summed E-state index contributed by atoms with van der Waals surface area (Å²) >= 11 is 0. The van der Waals surface area contributed by atoms with Gasteiger partial charge in [0, 0.05) is 61.9 Å². The molecular formula is C33H41N3O5. The van der Waals surface area contributed by atoms with Crippen LogP contribution in [0.3, 0.4) is 0 Å². The van der Waals surface area contributed by atoms with Gasteiger partial charge in [0.15, 0.2) is 0 Å². The molecule has 0 unspecified atom stereocenters. The number of ether oxygens (including phenoxy) is 1. The van der Waals surface area contributed by atoms with Crippen LogP contribution in [0.15, 0.2) is 54.6 Å². The zero-order valence-electron chi connectivity index (χ0n) is 24.3. The van der Waals surface area contributed by atoms with Crippen molar-refractivity contribution in [2.45, 2.75) is 64.9 Å². The summed E-state index contributed by atoms with van der Waals surface area (Å²) in [5.41, 5.74) is 4.95. The number of rotatable bonds is 10. The first-order valence-electron chi connectivity index (χ1n) is 14.2. The van der Waals surface area contributed by atoms with E-state index >= 15 is 0 Å². The third-order valence-electron chi connectivity index (χ3n) is 6.61. The Bertz CT molecular complexity index is 1240. The number of hydroxylamine groups is 1. The largest absolute Gasteiger partial charge is 0.457 e. The summed E-state index contributed by atoms with van der Waals surface area (Å²) in [6.45, 7) is 8.52. The Morgan fingerprint density at radius 3 is 1.98 bits per heavy atom. The van der Waals surface area contributed by atoms with E-state index in [1.54, 1.807) is 11.6 Å².